The molecule has 1 aromatic heterocycles. The fourth-order valence-electron chi connectivity index (χ4n) is 0.517. The van der Waals surface area contributed by atoms with E-state index in [1.807, 2.05) is 0 Å². The van der Waals surface area contributed by atoms with Gasteiger partial charge in [0.25, 0.3) is 0 Å². The molecule has 0 radical (unpaired) electrons. The number of rotatable bonds is 1. The van der Waals surface area contributed by atoms with Crippen LogP contribution in [-0.2, 0) is 7.05 Å². The zero-order valence-electron chi connectivity index (χ0n) is 5.11. The van der Waals surface area contributed by atoms with Gasteiger partial charge in [0.05, 0.1) is 0 Å². The molecule has 0 aliphatic rings. The zero-order chi connectivity index (χ0) is 7.72. The molecule has 1 aromatic rings. The maximum atomic E-state index is 10.0. The van der Waals surface area contributed by atoms with Crippen molar-refractivity contribution in [1.82, 2.24) is 9.55 Å². The summed E-state index contributed by atoms with van der Waals surface area (Å²) in [5.74, 6) is -0.229. The van der Waals surface area contributed by atoms with Crippen LogP contribution in [0.4, 0.5) is 5.82 Å². The van der Waals surface area contributed by atoms with Crippen molar-refractivity contribution in [1.29, 1.82) is 0 Å². The van der Waals surface area contributed by atoms with E-state index in [4.69, 9.17) is 11.6 Å². The van der Waals surface area contributed by atoms with E-state index in [1.54, 1.807) is 7.05 Å². The highest BCUT2D eigenvalue weighted by Gasteiger charge is 2.13. The minimum atomic E-state index is -0.591. The fraction of sp³-hybridized carbons (Fsp3) is 0.250. The number of nitrogens with zero attached hydrogens (tertiary/aromatic N) is 3. The molecule has 1 rings (SSSR count). The third kappa shape index (κ3) is 1.08. The van der Waals surface area contributed by atoms with Gasteiger partial charge in [-0.25, -0.2) is 0 Å². The van der Waals surface area contributed by atoms with Crippen molar-refractivity contribution in [3.8, 4) is 0 Å². The van der Waals surface area contributed by atoms with Crippen LogP contribution in [0.5, 0.6) is 0 Å². The first kappa shape index (κ1) is 7.01. The molecular weight excluding hydrogens is 158 g/mol. The first-order valence-corrected chi connectivity index (χ1v) is 2.82. The van der Waals surface area contributed by atoms with Gasteiger partial charge in [-0.15, -0.1) is 0 Å². The number of nitro groups is 1. The van der Waals surface area contributed by atoms with Gasteiger partial charge in [-0.2, -0.15) is 0 Å². The highest BCUT2D eigenvalue weighted by molar-refractivity contribution is 6.28. The smallest absolute Gasteiger partial charge is 0.358 e. The maximum absolute atomic E-state index is 10.0. The van der Waals surface area contributed by atoms with Gasteiger partial charge in [-0.1, -0.05) is 0 Å². The molecule has 0 N–H and O–H groups in total. The molecule has 0 unspecified atom stereocenters. The first-order chi connectivity index (χ1) is 4.61. The van der Waals surface area contributed by atoms with Crippen LogP contribution in [0, 0.1) is 10.1 Å². The van der Waals surface area contributed by atoms with Gasteiger partial charge in [0, 0.05) is 7.05 Å². The Morgan fingerprint density at radius 2 is 2.50 bits per heavy atom. The van der Waals surface area contributed by atoms with Crippen LogP contribution in [0.2, 0.25) is 5.28 Å². The molecule has 10 heavy (non-hydrogen) atoms. The minimum Gasteiger partial charge on any atom is -0.358 e. The van der Waals surface area contributed by atoms with Crippen LogP contribution >= 0.6 is 11.6 Å². The average molecular weight is 162 g/mol. The third-order valence-electron chi connectivity index (χ3n) is 0.994. The zero-order valence-corrected chi connectivity index (χ0v) is 5.87. The topological polar surface area (TPSA) is 61.0 Å². The van der Waals surface area contributed by atoms with Crippen molar-refractivity contribution in [3.05, 3.63) is 21.6 Å². The normalized spacial score (nSPS) is 9.80. The minimum absolute atomic E-state index is 0.117. The molecule has 0 spiro atoms. The predicted octanol–water partition coefficient (Wildman–Crippen LogP) is 0.982. The van der Waals surface area contributed by atoms with Gasteiger partial charge in [-0.3, -0.25) is 4.57 Å². The Balaban J connectivity index is 3.10. The number of halogens is 1. The largest absolute Gasteiger partial charge is 0.383 e. The molecule has 54 valence electrons. The molecule has 0 bridgehead atoms. The first-order valence-electron chi connectivity index (χ1n) is 2.44. The lowest BCUT2D eigenvalue weighted by Crippen LogP contribution is -1.86. The Morgan fingerprint density at radius 3 is 2.70 bits per heavy atom. The summed E-state index contributed by atoms with van der Waals surface area (Å²) in [6.07, 6.45) is 1.25. The second-order valence-electron chi connectivity index (χ2n) is 1.74. The van der Waals surface area contributed by atoms with E-state index in [-0.39, 0.29) is 11.1 Å². The summed E-state index contributed by atoms with van der Waals surface area (Å²) in [7, 11) is 1.59. The fourth-order valence-corrected chi connectivity index (χ4v) is 0.652. The molecule has 1 heterocycles. The van der Waals surface area contributed by atoms with Gasteiger partial charge in [0.2, 0.25) is 0 Å². The van der Waals surface area contributed by atoms with Crippen LogP contribution in [0.25, 0.3) is 0 Å². The van der Waals surface area contributed by atoms with E-state index < -0.39 is 4.92 Å². The summed E-state index contributed by atoms with van der Waals surface area (Å²) in [6.45, 7) is 0. The lowest BCUT2D eigenvalue weighted by Gasteiger charge is -1.82. The second kappa shape index (κ2) is 2.26. The van der Waals surface area contributed by atoms with Gasteiger partial charge in [0.15, 0.2) is 0 Å². The quantitative estimate of drug-likeness (QED) is 0.456. The Kier molecular flexibility index (Phi) is 1.58. The van der Waals surface area contributed by atoms with Crippen LogP contribution in [0.1, 0.15) is 0 Å². The summed E-state index contributed by atoms with van der Waals surface area (Å²) in [5, 5.41) is 10.2. The molecule has 0 aliphatic carbocycles. The maximum Gasteiger partial charge on any atom is 0.383 e. The highest BCUT2D eigenvalue weighted by Crippen LogP contribution is 2.12. The summed E-state index contributed by atoms with van der Waals surface area (Å²) < 4.78 is 1.37. The molecule has 0 atom stereocenters. The van der Waals surface area contributed by atoms with Crippen molar-refractivity contribution in [2.75, 3.05) is 0 Å². The molecule has 0 amide bonds. The van der Waals surface area contributed by atoms with Gasteiger partial charge in [0.1, 0.15) is 6.20 Å². The van der Waals surface area contributed by atoms with Crippen LogP contribution in [0.15, 0.2) is 6.20 Å². The van der Waals surface area contributed by atoms with Gasteiger partial charge in [-0.05, 0) is 21.5 Å². The summed E-state index contributed by atoms with van der Waals surface area (Å²) in [6, 6.07) is 0. The van der Waals surface area contributed by atoms with Crippen LogP contribution in [-0.4, -0.2) is 14.5 Å². The SMILES string of the molecule is Cn1cc([N+](=O)[O-])nc1Cl. The van der Waals surface area contributed by atoms with Crippen molar-refractivity contribution in [2.24, 2.45) is 7.05 Å². The molecule has 0 saturated carbocycles. The van der Waals surface area contributed by atoms with Crippen molar-refractivity contribution >= 4 is 17.4 Å². The standard InChI is InChI=1S/C4H4ClN3O2/c1-7-2-3(8(9)10)6-4(7)5/h2H,1H3. The Bertz CT molecular complexity index is 250. The summed E-state index contributed by atoms with van der Waals surface area (Å²) >= 11 is 5.42. The van der Waals surface area contributed by atoms with E-state index >= 15 is 0 Å². The Morgan fingerprint density at radius 1 is 1.90 bits per heavy atom. The molecule has 0 aromatic carbocycles. The number of imidazole rings is 1. The molecule has 0 aliphatic heterocycles. The van der Waals surface area contributed by atoms with E-state index in [2.05, 4.69) is 4.98 Å². The molecule has 0 fully saturated rings. The Labute approximate surface area is 61.4 Å². The van der Waals surface area contributed by atoms with Crippen LogP contribution < -0.4 is 0 Å². The lowest BCUT2D eigenvalue weighted by molar-refractivity contribution is -0.389. The average Bonchev–Trinajstić information content (AvgIpc) is 2.13. The highest BCUT2D eigenvalue weighted by atomic mass is 35.5. The van der Waals surface area contributed by atoms with Crippen molar-refractivity contribution < 1.29 is 4.92 Å². The van der Waals surface area contributed by atoms with E-state index in [1.165, 1.54) is 10.8 Å². The number of aromatic nitrogens is 2. The van der Waals surface area contributed by atoms with E-state index in [0.717, 1.165) is 0 Å². The van der Waals surface area contributed by atoms with Crippen molar-refractivity contribution in [3.63, 3.8) is 0 Å². The third-order valence-corrected chi connectivity index (χ3v) is 1.35. The Hall–Kier alpha value is -1.10. The monoisotopic (exact) mass is 161 g/mol. The molecular formula is C4H4ClN3O2. The summed E-state index contributed by atoms with van der Waals surface area (Å²) in [4.78, 5) is 12.9. The lowest BCUT2D eigenvalue weighted by atomic mass is 10.8. The van der Waals surface area contributed by atoms with E-state index in [0.29, 0.717) is 0 Å². The number of hydrogen-bond donors (Lipinski definition) is 0. The predicted molar refractivity (Wildman–Crippen MR) is 34.9 cm³/mol. The van der Waals surface area contributed by atoms with Gasteiger partial charge >= 0.3 is 11.1 Å². The second-order valence-corrected chi connectivity index (χ2v) is 2.07. The van der Waals surface area contributed by atoms with Crippen LogP contribution in [0.3, 0.4) is 0 Å². The molecule has 5 nitrogen and oxygen atoms in total. The summed E-state index contributed by atoms with van der Waals surface area (Å²) in [5.41, 5.74) is 0. The van der Waals surface area contributed by atoms with E-state index in [9.17, 15) is 10.1 Å². The molecule has 0 saturated heterocycles. The number of aryl methyl sites for hydroxylation is 1. The van der Waals surface area contributed by atoms with Gasteiger partial charge < -0.3 is 10.1 Å². The number of hydrogen-bond acceptors (Lipinski definition) is 3. The molecule has 6 heteroatoms. The van der Waals surface area contributed by atoms with Crippen molar-refractivity contribution in [2.45, 2.75) is 0 Å².